The summed E-state index contributed by atoms with van der Waals surface area (Å²) < 4.78 is 36.7. The first kappa shape index (κ1) is 19.3. The average Bonchev–Trinajstić information content (AvgIpc) is 3.02. The smallest absolute Gasteiger partial charge is 0.231 e. The molecule has 0 aromatic heterocycles. The summed E-state index contributed by atoms with van der Waals surface area (Å²) in [5.41, 5.74) is 1.08. The molecule has 24 heavy (non-hydrogen) atoms. The molecule has 2 aliphatic heterocycles. The van der Waals surface area contributed by atoms with E-state index in [-0.39, 0.29) is 25.0 Å². The SMILES string of the molecule is CCCS(=O)(=O)N1CCC(NCc2cccc3c2OCO3)CC1.Cl. The van der Waals surface area contributed by atoms with Crippen LogP contribution in [0.1, 0.15) is 31.7 Å². The number of para-hydroxylation sites is 1. The number of fused-ring (bicyclic) bond motifs is 1. The number of ether oxygens (including phenoxy) is 2. The number of piperidine rings is 1. The number of hydrogen-bond donors (Lipinski definition) is 1. The lowest BCUT2D eigenvalue weighted by molar-refractivity contribution is 0.173. The standard InChI is InChI=1S/C16H24N2O4S.ClH/c1-2-10-23(19,20)18-8-6-14(7-9-18)17-11-13-4-3-5-15-16(13)22-12-21-15;/h3-5,14,17H,2,6-12H2,1H3;1H. The van der Waals surface area contributed by atoms with E-state index >= 15 is 0 Å². The molecular weight excluding hydrogens is 352 g/mol. The molecule has 6 nitrogen and oxygen atoms in total. The third-order valence-electron chi connectivity index (χ3n) is 4.37. The van der Waals surface area contributed by atoms with Crippen molar-refractivity contribution in [3.8, 4) is 11.5 Å². The summed E-state index contributed by atoms with van der Waals surface area (Å²) in [6.45, 7) is 4.09. The maximum absolute atomic E-state index is 12.1. The molecule has 0 radical (unpaired) electrons. The second-order valence-electron chi connectivity index (χ2n) is 6.02. The fraction of sp³-hybridized carbons (Fsp3) is 0.625. The molecule has 0 spiro atoms. The highest BCUT2D eigenvalue weighted by molar-refractivity contribution is 7.89. The van der Waals surface area contributed by atoms with Gasteiger partial charge in [-0.05, 0) is 25.3 Å². The molecular formula is C16H25ClN2O4S. The second-order valence-corrected chi connectivity index (χ2v) is 8.11. The van der Waals surface area contributed by atoms with E-state index < -0.39 is 10.0 Å². The summed E-state index contributed by atoms with van der Waals surface area (Å²) in [6, 6.07) is 6.23. The first-order valence-corrected chi connectivity index (χ1v) is 9.80. The zero-order chi connectivity index (χ0) is 16.3. The van der Waals surface area contributed by atoms with Gasteiger partial charge in [0.05, 0.1) is 5.75 Å². The first-order chi connectivity index (χ1) is 11.1. The van der Waals surface area contributed by atoms with Crippen LogP contribution >= 0.6 is 12.4 Å². The Hall–Kier alpha value is -1.02. The van der Waals surface area contributed by atoms with Crippen LogP contribution < -0.4 is 14.8 Å². The highest BCUT2D eigenvalue weighted by atomic mass is 35.5. The molecule has 1 aromatic rings. The Balaban J connectivity index is 0.00000208. The molecule has 8 heteroatoms. The van der Waals surface area contributed by atoms with E-state index in [1.54, 1.807) is 4.31 Å². The summed E-state index contributed by atoms with van der Waals surface area (Å²) in [4.78, 5) is 0. The lowest BCUT2D eigenvalue weighted by Crippen LogP contribution is -2.45. The first-order valence-electron chi connectivity index (χ1n) is 8.19. The number of benzene rings is 1. The van der Waals surface area contributed by atoms with Crippen LogP contribution in [0.15, 0.2) is 18.2 Å². The number of sulfonamides is 1. The van der Waals surface area contributed by atoms with Gasteiger partial charge in [0.1, 0.15) is 0 Å². The van der Waals surface area contributed by atoms with Crippen LogP contribution in [0.3, 0.4) is 0 Å². The van der Waals surface area contributed by atoms with Gasteiger partial charge in [0.25, 0.3) is 0 Å². The lowest BCUT2D eigenvalue weighted by atomic mass is 10.1. The van der Waals surface area contributed by atoms with E-state index in [2.05, 4.69) is 5.32 Å². The molecule has 0 atom stereocenters. The Morgan fingerprint density at radius 3 is 2.71 bits per heavy atom. The monoisotopic (exact) mass is 376 g/mol. The minimum Gasteiger partial charge on any atom is -0.454 e. The van der Waals surface area contributed by atoms with E-state index in [0.29, 0.717) is 32.1 Å². The van der Waals surface area contributed by atoms with Crippen molar-refractivity contribution in [3.63, 3.8) is 0 Å². The number of hydrogen-bond acceptors (Lipinski definition) is 5. The van der Waals surface area contributed by atoms with E-state index in [0.717, 1.165) is 29.9 Å². The summed E-state index contributed by atoms with van der Waals surface area (Å²) in [5, 5.41) is 3.51. The van der Waals surface area contributed by atoms with Crippen molar-refractivity contribution in [2.75, 3.05) is 25.6 Å². The van der Waals surface area contributed by atoms with Gasteiger partial charge in [-0.15, -0.1) is 12.4 Å². The molecule has 136 valence electrons. The molecule has 2 aliphatic rings. The van der Waals surface area contributed by atoms with Gasteiger partial charge in [-0.3, -0.25) is 0 Å². The molecule has 2 heterocycles. The topological polar surface area (TPSA) is 67.9 Å². The number of rotatable bonds is 6. The molecule has 1 fully saturated rings. The van der Waals surface area contributed by atoms with Crippen molar-refractivity contribution in [2.45, 2.75) is 38.8 Å². The highest BCUT2D eigenvalue weighted by Crippen LogP contribution is 2.35. The van der Waals surface area contributed by atoms with E-state index in [1.165, 1.54) is 0 Å². The van der Waals surface area contributed by atoms with Crippen molar-refractivity contribution < 1.29 is 17.9 Å². The van der Waals surface area contributed by atoms with E-state index in [9.17, 15) is 8.42 Å². The third kappa shape index (κ3) is 4.33. The van der Waals surface area contributed by atoms with Gasteiger partial charge in [-0.25, -0.2) is 12.7 Å². The molecule has 0 aliphatic carbocycles. The van der Waals surface area contributed by atoms with Gasteiger partial charge in [-0.1, -0.05) is 19.1 Å². The van der Waals surface area contributed by atoms with Crippen molar-refractivity contribution in [1.82, 2.24) is 9.62 Å². The van der Waals surface area contributed by atoms with Crippen molar-refractivity contribution in [2.24, 2.45) is 0 Å². The zero-order valence-corrected chi connectivity index (χ0v) is 15.5. The molecule has 0 amide bonds. The minimum atomic E-state index is -3.06. The molecule has 1 aromatic carbocycles. The van der Waals surface area contributed by atoms with Crippen LogP contribution in [-0.4, -0.2) is 44.4 Å². The highest BCUT2D eigenvalue weighted by Gasteiger charge is 2.27. The van der Waals surface area contributed by atoms with Crippen LogP contribution in [-0.2, 0) is 16.6 Å². The summed E-state index contributed by atoms with van der Waals surface area (Å²) >= 11 is 0. The van der Waals surface area contributed by atoms with Gasteiger partial charge in [0.15, 0.2) is 11.5 Å². The molecule has 1 N–H and O–H groups in total. The number of halogens is 1. The van der Waals surface area contributed by atoms with Gasteiger partial charge in [0, 0.05) is 31.2 Å². The third-order valence-corrected chi connectivity index (χ3v) is 6.44. The van der Waals surface area contributed by atoms with Crippen LogP contribution in [0.5, 0.6) is 11.5 Å². The Labute approximate surface area is 150 Å². The predicted molar refractivity (Wildman–Crippen MR) is 95.3 cm³/mol. The van der Waals surface area contributed by atoms with Crippen molar-refractivity contribution >= 4 is 22.4 Å². The Kier molecular flexibility index (Phi) is 6.74. The summed E-state index contributed by atoms with van der Waals surface area (Å²) in [7, 11) is -3.06. The van der Waals surface area contributed by atoms with E-state index in [4.69, 9.17) is 9.47 Å². The largest absolute Gasteiger partial charge is 0.454 e. The molecule has 3 rings (SSSR count). The molecule has 0 unspecified atom stereocenters. The molecule has 0 bridgehead atoms. The van der Waals surface area contributed by atoms with Gasteiger partial charge >= 0.3 is 0 Å². The van der Waals surface area contributed by atoms with Crippen LogP contribution in [0.2, 0.25) is 0 Å². The van der Waals surface area contributed by atoms with Crippen molar-refractivity contribution in [1.29, 1.82) is 0 Å². The van der Waals surface area contributed by atoms with Crippen LogP contribution in [0.25, 0.3) is 0 Å². The summed E-state index contributed by atoms with van der Waals surface area (Å²) in [5.74, 6) is 1.87. The van der Waals surface area contributed by atoms with Crippen LogP contribution in [0, 0.1) is 0 Å². The minimum absolute atomic E-state index is 0. The maximum atomic E-state index is 12.1. The van der Waals surface area contributed by atoms with Crippen LogP contribution in [0.4, 0.5) is 0 Å². The lowest BCUT2D eigenvalue weighted by Gasteiger charge is -2.31. The van der Waals surface area contributed by atoms with Crippen molar-refractivity contribution in [3.05, 3.63) is 23.8 Å². The number of nitrogens with one attached hydrogen (secondary N) is 1. The van der Waals surface area contributed by atoms with Gasteiger partial charge in [-0.2, -0.15) is 0 Å². The Bertz CT molecular complexity index is 645. The quantitative estimate of drug-likeness (QED) is 0.823. The Morgan fingerprint density at radius 1 is 1.25 bits per heavy atom. The number of nitrogens with zero attached hydrogens (tertiary/aromatic N) is 1. The fourth-order valence-electron chi connectivity index (χ4n) is 3.11. The second kappa shape index (κ2) is 8.38. The zero-order valence-electron chi connectivity index (χ0n) is 13.9. The summed E-state index contributed by atoms with van der Waals surface area (Å²) in [6.07, 6.45) is 2.35. The maximum Gasteiger partial charge on any atom is 0.231 e. The van der Waals surface area contributed by atoms with Gasteiger partial charge < -0.3 is 14.8 Å². The van der Waals surface area contributed by atoms with E-state index in [1.807, 2.05) is 25.1 Å². The molecule has 0 saturated carbocycles. The normalized spacial score (nSPS) is 18.4. The predicted octanol–water partition coefficient (Wildman–Crippen LogP) is 2.13. The average molecular weight is 377 g/mol. The van der Waals surface area contributed by atoms with Gasteiger partial charge in [0.2, 0.25) is 16.8 Å². The fourth-order valence-corrected chi connectivity index (χ4v) is 4.65. The molecule has 1 saturated heterocycles. The Morgan fingerprint density at radius 2 is 2.00 bits per heavy atom.